The van der Waals surface area contributed by atoms with Crippen molar-refractivity contribution in [3.8, 4) is 11.3 Å². The van der Waals surface area contributed by atoms with Gasteiger partial charge in [-0.1, -0.05) is 18.2 Å². The molecule has 0 saturated carbocycles. The van der Waals surface area contributed by atoms with Crippen LogP contribution in [0.3, 0.4) is 0 Å². The molecular formula is C14H9NO3. The van der Waals surface area contributed by atoms with Gasteiger partial charge in [0, 0.05) is 10.9 Å². The minimum Gasteiger partial charge on any atom is -0.477 e. The van der Waals surface area contributed by atoms with Crippen LogP contribution in [-0.4, -0.2) is 16.1 Å². The molecule has 0 saturated heterocycles. The van der Waals surface area contributed by atoms with Crippen LogP contribution < -0.4 is 0 Å². The van der Waals surface area contributed by atoms with E-state index in [0.717, 1.165) is 10.9 Å². The molecule has 3 rings (SSSR count). The molecule has 2 aromatic heterocycles. The van der Waals surface area contributed by atoms with Gasteiger partial charge in [0.25, 0.3) is 0 Å². The average molecular weight is 239 g/mol. The van der Waals surface area contributed by atoms with Crippen molar-refractivity contribution in [2.24, 2.45) is 0 Å². The minimum atomic E-state index is -1.04. The van der Waals surface area contributed by atoms with Gasteiger partial charge in [0.15, 0.2) is 0 Å². The lowest BCUT2D eigenvalue weighted by Gasteiger charge is -2.04. The Kier molecular flexibility index (Phi) is 2.34. The molecule has 4 nitrogen and oxygen atoms in total. The fourth-order valence-corrected chi connectivity index (χ4v) is 1.90. The summed E-state index contributed by atoms with van der Waals surface area (Å²) in [6.07, 6.45) is 1.58. The van der Waals surface area contributed by atoms with Crippen LogP contribution in [-0.2, 0) is 0 Å². The molecule has 1 aromatic carbocycles. The summed E-state index contributed by atoms with van der Waals surface area (Å²) < 4.78 is 5.34. The van der Waals surface area contributed by atoms with Gasteiger partial charge < -0.3 is 9.52 Å². The van der Waals surface area contributed by atoms with Crippen LogP contribution in [0.4, 0.5) is 0 Å². The molecule has 0 unspecified atom stereocenters. The van der Waals surface area contributed by atoms with Crippen LogP contribution in [0.5, 0.6) is 0 Å². The zero-order valence-corrected chi connectivity index (χ0v) is 9.33. The van der Waals surface area contributed by atoms with Crippen LogP contribution in [0.15, 0.2) is 53.1 Å². The van der Waals surface area contributed by atoms with Gasteiger partial charge in [-0.05, 0) is 24.3 Å². The van der Waals surface area contributed by atoms with Gasteiger partial charge in [-0.2, -0.15) is 0 Å². The Labute approximate surface area is 103 Å². The number of carbonyl (C=O) groups is 1. The van der Waals surface area contributed by atoms with E-state index in [1.165, 1.54) is 6.07 Å². The number of nitrogens with zero attached hydrogens (tertiary/aromatic N) is 1. The van der Waals surface area contributed by atoms with E-state index in [1.54, 1.807) is 18.4 Å². The largest absolute Gasteiger partial charge is 0.477 e. The highest BCUT2D eigenvalue weighted by Gasteiger charge is 2.10. The summed E-state index contributed by atoms with van der Waals surface area (Å²) in [6.45, 7) is 0. The van der Waals surface area contributed by atoms with Crippen molar-refractivity contribution < 1.29 is 14.3 Å². The van der Waals surface area contributed by atoms with Gasteiger partial charge in [-0.25, -0.2) is 9.78 Å². The molecule has 0 aliphatic heterocycles. The standard InChI is InChI=1S/C14H9NO3/c16-14(17)11-7-6-9-3-1-4-10(13(9)15-11)12-5-2-8-18-12/h1-8H,(H,16,17). The SMILES string of the molecule is O=C(O)c1ccc2cccc(-c3ccco3)c2n1. The normalized spacial score (nSPS) is 10.7. The number of hydrogen-bond donors (Lipinski definition) is 1. The minimum absolute atomic E-state index is 0.0292. The number of aromatic nitrogens is 1. The van der Waals surface area contributed by atoms with Crippen molar-refractivity contribution in [2.45, 2.75) is 0 Å². The average Bonchev–Trinajstić information content (AvgIpc) is 2.91. The fourth-order valence-electron chi connectivity index (χ4n) is 1.90. The Bertz CT molecular complexity index is 717. The predicted molar refractivity (Wildman–Crippen MR) is 66.4 cm³/mol. The van der Waals surface area contributed by atoms with Crippen molar-refractivity contribution in [1.29, 1.82) is 0 Å². The predicted octanol–water partition coefficient (Wildman–Crippen LogP) is 3.19. The van der Waals surface area contributed by atoms with E-state index in [0.29, 0.717) is 11.3 Å². The monoisotopic (exact) mass is 239 g/mol. The summed E-state index contributed by atoms with van der Waals surface area (Å²) in [6, 6.07) is 12.5. The molecular weight excluding hydrogens is 230 g/mol. The van der Waals surface area contributed by atoms with Gasteiger partial charge in [-0.3, -0.25) is 0 Å². The highest BCUT2D eigenvalue weighted by molar-refractivity contribution is 5.95. The van der Waals surface area contributed by atoms with Gasteiger partial charge in [0.1, 0.15) is 11.5 Å². The Morgan fingerprint density at radius 2 is 2.00 bits per heavy atom. The van der Waals surface area contributed by atoms with Crippen LogP contribution in [0.1, 0.15) is 10.5 Å². The highest BCUT2D eigenvalue weighted by atomic mass is 16.4. The summed E-state index contributed by atoms with van der Waals surface area (Å²) >= 11 is 0. The molecule has 2 heterocycles. The fraction of sp³-hybridized carbons (Fsp3) is 0. The topological polar surface area (TPSA) is 63.3 Å². The third-order valence-corrected chi connectivity index (χ3v) is 2.73. The van der Waals surface area contributed by atoms with E-state index in [9.17, 15) is 4.79 Å². The molecule has 0 aliphatic carbocycles. The van der Waals surface area contributed by atoms with Crippen LogP contribution >= 0.6 is 0 Å². The van der Waals surface area contributed by atoms with E-state index in [2.05, 4.69) is 4.98 Å². The van der Waals surface area contributed by atoms with Crippen molar-refractivity contribution in [2.75, 3.05) is 0 Å². The number of aromatic carboxylic acids is 1. The first kappa shape index (κ1) is 10.5. The number of para-hydroxylation sites is 1. The number of fused-ring (bicyclic) bond motifs is 1. The van der Waals surface area contributed by atoms with Crippen molar-refractivity contribution >= 4 is 16.9 Å². The van der Waals surface area contributed by atoms with Crippen molar-refractivity contribution in [3.63, 3.8) is 0 Å². The Balaban J connectivity index is 2.31. The number of rotatable bonds is 2. The van der Waals surface area contributed by atoms with Crippen LogP contribution in [0.25, 0.3) is 22.2 Å². The lowest BCUT2D eigenvalue weighted by Crippen LogP contribution is -2.00. The number of hydrogen-bond acceptors (Lipinski definition) is 3. The molecule has 1 N–H and O–H groups in total. The molecule has 0 aliphatic rings. The van der Waals surface area contributed by atoms with E-state index in [1.807, 2.05) is 24.3 Å². The number of pyridine rings is 1. The number of benzene rings is 1. The first-order valence-corrected chi connectivity index (χ1v) is 5.42. The number of furan rings is 1. The van der Waals surface area contributed by atoms with Crippen molar-refractivity contribution in [1.82, 2.24) is 4.98 Å². The summed E-state index contributed by atoms with van der Waals surface area (Å²) in [5.74, 6) is -0.359. The number of carboxylic acids is 1. The Morgan fingerprint density at radius 3 is 2.72 bits per heavy atom. The summed E-state index contributed by atoms with van der Waals surface area (Å²) in [7, 11) is 0. The maximum atomic E-state index is 11.0. The van der Waals surface area contributed by atoms with Crippen LogP contribution in [0, 0.1) is 0 Å². The Morgan fingerprint density at radius 1 is 1.11 bits per heavy atom. The zero-order chi connectivity index (χ0) is 12.5. The smallest absolute Gasteiger partial charge is 0.354 e. The molecule has 18 heavy (non-hydrogen) atoms. The lowest BCUT2D eigenvalue weighted by atomic mass is 10.1. The third-order valence-electron chi connectivity index (χ3n) is 2.73. The number of carboxylic acid groups (broad SMARTS) is 1. The van der Waals surface area contributed by atoms with E-state index < -0.39 is 5.97 Å². The maximum absolute atomic E-state index is 11.0. The second-order valence-electron chi connectivity index (χ2n) is 3.86. The van der Waals surface area contributed by atoms with Crippen molar-refractivity contribution in [3.05, 3.63) is 54.4 Å². The second-order valence-corrected chi connectivity index (χ2v) is 3.86. The van der Waals surface area contributed by atoms with E-state index in [4.69, 9.17) is 9.52 Å². The van der Waals surface area contributed by atoms with E-state index in [-0.39, 0.29) is 5.69 Å². The Hall–Kier alpha value is -2.62. The lowest BCUT2D eigenvalue weighted by molar-refractivity contribution is 0.0691. The molecule has 0 spiro atoms. The third kappa shape index (κ3) is 1.64. The quantitative estimate of drug-likeness (QED) is 0.745. The summed E-state index contributed by atoms with van der Waals surface area (Å²) in [4.78, 5) is 15.1. The molecule has 0 atom stereocenters. The molecule has 0 radical (unpaired) electrons. The molecule has 0 fully saturated rings. The second kappa shape index (κ2) is 4.00. The highest BCUT2D eigenvalue weighted by Crippen LogP contribution is 2.27. The zero-order valence-electron chi connectivity index (χ0n) is 9.33. The molecule has 3 aromatic rings. The van der Waals surface area contributed by atoms with Gasteiger partial charge in [-0.15, -0.1) is 0 Å². The first-order chi connectivity index (χ1) is 8.75. The summed E-state index contributed by atoms with van der Waals surface area (Å²) in [5.41, 5.74) is 1.45. The summed E-state index contributed by atoms with van der Waals surface area (Å²) in [5, 5.41) is 9.86. The molecule has 0 bridgehead atoms. The van der Waals surface area contributed by atoms with Gasteiger partial charge in [0.2, 0.25) is 0 Å². The molecule has 0 amide bonds. The first-order valence-electron chi connectivity index (χ1n) is 5.42. The van der Waals surface area contributed by atoms with Gasteiger partial charge >= 0.3 is 5.97 Å². The maximum Gasteiger partial charge on any atom is 0.354 e. The molecule has 88 valence electrons. The van der Waals surface area contributed by atoms with Gasteiger partial charge in [0.05, 0.1) is 11.8 Å². The molecule has 4 heteroatoms. The van der Waals surface area contributed by atoms with Crippen LogP contribution in [0.2, 0.25) is 0 Å². The van der Waals surface area contributed by atoms with E-state index >= 15 is 0 Å².